The number of ether oxygens (including phenoxy) is 1. The van der Waals surface area contributed by atoms with Crippen LogP contribution in [0.3, 0.4) is 0 Å². The summed E-state index contributed by atoms with van der Waals surface area (Å²) in [5, 5.41) is 15.3. The van der Waals surface area contributed by atoms with Crippen LogP contribution < -0.4 is 10.6 Å². The topological polar surface area (TPSA) is 74.2 Å². The molecule has 0 bridgehead atoms. The third-order valence-corrected chi connectivity index (χ3v) is 3.72. The Morgan fingerprint density at radius 3 is 3.10 bits per heavy atom. The number of hydrogen-bond donors (Lipinski definition) is 2. The van der Waals surface area contributed by atoms with Gasteiger partial charge in [0, 0.05) is 17.7 Å². The van der Waals surface area contributed by atoms with Gasteiger partial charge in [-0.1, -0.05) is 11.6 Å². The van der Waals surface area contributed by atoms with Crippen LogP contribution in [0.2, 0.25) is 5.02 Å². The minimum atomic E-state index is -0.210. The summed E-state index contributed by atoms with van der Waals surface area (Å²) in [6.45, 7) is 2.96. The van der Waals surface area contributed by atoms with Crippen molar-refractivity contribution in [2.75, 3.05) is 18.5 Å². The number of carbonyl (C=O) groups excluding carboxylic acids is 1. The van der Waals surface area contributed by atoms with E-state index in [0.29, 0.717) is 16.3 Å². The number of hydrogen-bond acceptors (Lipinski definition) is 4. The van der Waals surface area contributed by atoms with Crippen molar-refractivity contribution in [2.45, 2.75) is 31.9 Å². The molecule has 0 aliphatic carbocycles. The molecule has 21 heavy (non-hydrogen) atoms. The van der Waals surface area contributed by atoms with Crippen LogP contribution in [0.15, 0.2) is 18.2 Å². The minimum absolute atomic E-state index is 0.119. The predicted octanol–water partition coefficient (Wildman–Crippen LogP) is 2.31. The van der Waals surface area contributed by atoms with Crippen molar-refractivity contribution < 1.29 is 9.53 Å². The van der Waals surface area contributed by atoms with Gasteiger partial charge in [0.25, 0.3) is 0 Å². The average molecular weight is 308 g/mol. The molecule has 0 radical (unpaired) electrons. The highest BCUT2D eigenvalue weighted by molar-refractivity contribution is 6.31. The molecule has 1 aromatic rings. The van der Waals surface area contributed by atoms with Crippen molar-refractivity contribution in [1.82, 2.24) is 5.32 Å². The third kappa shape index (κ3) is 4.43. The van der Waals surface area contributed by atoms with Gasteiger partial charge < -0.3 is 15.4 Å². The van der Waals surface area contributed by atoms with Crippen molar-refractivity contribution in [3.8, 4) is 6.07 Å². The van der Waals surface area contributed by atoms with Gasteiger partial charge in [-0.05, 0) is 38.0 Å². The van der Waals surface area contributed by atoms with Crippen molar-refractivity contribution in [3.05, 3.63) is 28.8 Å². The first-order valence-electron chi connectivity index (χ1n) is 6.94. The molecule has 2 unspecified atom stereocenters. The van der Waals surface area contributed by atoms with Gasteiger partial charge in [0.05, 0.1) is 23.9 Å². The highest BCUT2D eigenvalue weighted by Gasteiger charge is 2.22. The Hall–Kier alpha value is -1.61. The van der Waals surface area contributed by atoms with E-state index in [-0.39, 0.29) is 24.6 Å². The first kappa shape index (κ1) is 15.8. The molecular weight excluding hydrogens is 290 g/mol. The van der Waals surface area contributed by atoms with Crippen molar-refractivity contribution >= 4 is 23.2 Å². The molecule has 0 saturated carbocycles. The summed E-state index contributed by atoms with van der Waals surface area (Å²) < 4.78 is 5.56. The van der Waals surface area contributed by atoms with E-state index in [4.69, 9.17) is 21.6 Å². The van der Waals surface area contributed by atoms with Crippen LogP contribution in [0.4, 0.5) is 5.69 Å². The van der Waals surface area contributed by atoms with E-state index >= 15 is 0 Å². The molecule has 2 atom stereocenters. The lowest BCUT2D eigenvalue weighted by atomic mass is 10.1. The van der Waals surface area contributed by atoms with Crippen LogP contribution >= 0.6 is 11.6 Å². The van der Waals surface area contributed by atoms with Crippen LogP contribution in [-0.4, -0.2) is 31.2 Å². The van der Waals surface area contributed by atoms with Crippen molar-refractivity contribution in [3.63, 3.8) is 0 Å². The Kier molecular flexibility index (Phi) is 5.57. The number of nitrogens with zero attached hydrogens (tertiary/aromatic N) is 1. The maximum atomic E-state index is 11.9. The first-order chi connectivity index (χ1) is 10.1. The lowest BCUT2D eigenvalue weighted by Crippen LogP contribution is -2.41. The van der Waals surface area contributed by atoms with Gasteiger partial charge in [-0.15, -0.1) is 0 Å². The van der Waals surface area contributed by atoms with Crippen molar-refractivity contribution in [2.24, 2.45) is 0 Å². The van der Waals surface area contributed by atoms with Crippen LogP contribution in [0, 0.1) is 11.3 Å². The van der Waals surface area contributed by atoms with E-state index in [1.165, 1.54) is 0 Å². The van der Waals surface area contributed by atoms with E-state index in [1.54, 1.807) is 18.2 Å². The van der Waals surface area contributed by atoms with Crippen LogP contribution in [-0.2, 0) is 9.53 Å². The maximum Gasteiger partial charge on any atom is 0.238 e. The van der Waals surface area contributed by atoms with Gasteiger partial charge in [-0.3, -0.25) is 4.79 Å². The fourth-order valence-corrected chi connectivity index (χ4v) is 2.47. The molecule has 1 fully saturated rings. The van der Waals surface area contributed by atoms with Gasteiger partial charge in [0.1, 0.15) is 6.07 Å². The molecule has 6 heteroatoms. The molecule has 1 aromatic carbocycles. The van der Waals surface area contributed by atoms with E-state index in [1.807, 2.05) is 13.0 Å². The van der Waals surface area contributed by atoms with E-state index in [9.17, 15) is 4.79 Å². The fourth-order valence-electron chi connectivity index (χ4n) is 2.29. The lowest BCUT2D eigenvalue weighted by Gasteiger charge is -2.19. The minimum Gasteiger partial charge on any atom is -0.377 e. The van der Waals surface area contributed by atoms with Crippen LogP contribution in [0.1, 0.15) is 25.3 Å². The number of anilines is 1. The van der Waals surface area contributed by atoms with Crippen LogP contribution in [0.5, 0.6) is 0 Å². The molecule has 1 saturated heterocycles. The normalized spacial score (nSPS) is 19.0. The summed E-state index contributed by atoms with van der Waals surface area (Å²) >= 11 is 5.88. The van der Waals surface area contributed by atoms with Gasteiger partial charge in [-0.25, -0.2) is 0 Å². The van der Waals surface area contributed by atoms with E-state index < -0.39 is 0 Å². The van der Waals surface area contributed by atoms with Crippen molar-refractivity contribution in [1.29, 1.82) is 5.26 Å². The number of carbonyl (C=O) groups is 1. The second-order valence-electron chi connectivity index (χ2n) is 5.07. The number of amides is 1. The molecule has 2 rings (SSSR count). The quantitative estimate of drug-likeness (QED) is 0.875. The fraction of sp³-hybridized carbons (Fsp3) is 0.467. The summed E-state index contributed by atoms with van der Waals surface area (Å²) in [5.41, 5.74) is 0.821. The van der Waals surface area contributed by atoms with Crippen LogP contribution in [0.25, 0.3) is 0 Å². The van der Waals surface area contributed by atoms with Gasteiger partial charge in [-0.2, -0.15) is 5.26 Å². The Morgan fingerprint density at radius 2 is 2.43 bits per heavy atom. The number of halogens is 1. The highest BCUT2D eigenvalue weighted by Crippen LogP contribution is 2.20. The maximum absolute atomic E-state index is 11.9. The predicted molar refractivity (Wildman–Crippen MR) is 81.2 cm³/mol. The Bertz CT molecular complexity index is 550. The molecule has 0 spiro atoms. The van der Waals surface area contributed by atoms with Gasteiger partial charge in [0.15, 0.2) is 0 Å². The summed E-state index contributed by atoms with van der Waals surface area (Å²) in [6.07, 6.45) is 2.25. The first-order valence-corrected chi connectivity index (χ1v) is 7.32. The molecule has 0 aromatic heterocycles. The monoisotopic (exact) mass is 307 g/mol. The summed E-state index contributed by atoms with van der Waals surface area (Å²) in [4.78, 5) is 11.9. The molecule has 1 aliphatic heterocycles. The average Bonchev–Trinajstić information content (AvgIpc) is 2.99. The molecule has 5 nitrogen and oxygen atoms in total. The lowest BCUT2D eigenvalue weighted by molar-refractivity contribution is -0.115. The zero-order chi connectivity index (χ0) is 15.2. The largest absolute Gasteiger partial charge is 0.377 e. The zero-order valence-electron chi connectivity index (χ0n) is 11.9. The summed E-state index contributed by atoms with van der Waals surface area (Å²) in [5.74, 6) is -0.210. The SMILES string of the molecule is CC(NCC(=O)Nc1cc(Cl)ccc1C#N)C1CCCO1. The number of benzene rings is 1. The molecule has 2 N–H and O–H groups in total. The van der Waals surface area contributed by atoms with E-state index in [2.05, 4.69) is 10.6 Å². The molecule has 1 heterocycles. The molecular formula is C15H18ClN3O2. The standard InChI is InChI=1S/C15H18ClN3O2/c1-10(14-3-2-6-21-14)18-9-15(20)19-13-7-12(16)5-4-11(13)8-17/h4-5,7,10,14,18H,2-3,6,9H2,1H3,(H,19,20). The Morgan fingerprint density at radius 1 is 1.62 bits per heavy atom. The van der Waals surface area contributed by atoms with Gasteiger partial charge in [0.2, 0.25) is 5.91 Å². The molecule has 1 aliphatic rings. The smallest absolute Gasteiger partial charge is 0.238 e. The highest BCUT2D eigenvalue weighted by atomic mass is 35.5. The molecule has 1 amide bonds. The third-order valence-electron chi connectivity index (χ3n) is 3.48. The van der Waals surface area contributed by atoms with E-state index in [0.717, 1.165) is 19.4 Å². The van der Waals surface area contributed by atoms with Gasteiger partial charge >= 0.3 is 0 Å². The summed E-state index contributed by atoms with van der Waals surface area (Å²) in [7, 11) is 0. The number of rotatable bonds is 5. The second kappa shape index (κ2) is 7.41. The number of nitrogens with one attached hydrogen (secondary N) is 2. The Labute approximate surface area is 129 Å². The second-order valence-corrected chi connectivity index (χ2v) is 5.51. The number of nitriles is 1. The summed E-state index contributed by atoms with van der Waals surface area (Å²) in [6, 6.07) is 6.92. The molecule has 112 valence electrons. The zero-order valence-corrected chi connectivity index (χ0v) is 12.6. The Balaban J connectivity index is 1.87.